The molecule has 1 aliphatic heterocycles. The smallest absolute Gasteiger partial charge is 0.240 e. The lowest BCUT2D eigenvalue weighted by molar-refractivity contribution is 0.0933. The molecule has 2 aromatic heterocycles. The van der Waals surface area contributed by atoms with Gasteiger partial charge in [-0.3, -0.25) is 0 Å². The number of nitrogens with zero attached hydrogens (tertiary/aromatic N) is 5. The molecule has 0 aliphatic carbocycles. The van der Waals surface area contributed by atoms with Gasteiger partial charge in [-0.2, -0.15) is 0 Å². The van der Waals surface area contributed by atoms with Crippen molar-refractivity contribution >= 4 is 15.7 Å². The number of benzene rings is 1. The highest BCUT2D eigenvalue weighted by Crippen LogP contribution is 2.35. The number of methoxy groups -OCH3 is 2. The monoisotopic (exact) mass is 488 g/mol. The Kier molecular flexibility index (Phi) is 7.41. The summed E-state index contributed by atoms with van der Waals surface area (Å²) in [5.41, 5.74) is 1.86. The minimum atomic E-state index is -3.90. The number of fused-ring (bicyclic) bond motifs is 1. The Morgan fingerprint density at radius 1 is 1.15 bits per heavy atom. The van der Waals surface area contributed by atoms with Gasteiger partial charge in [-0.05, 0) is 30.7 Å². The summed E-state index contributed by atoms with van der Waals surface area (Å²) in [6, 6.07) is 5.43. The van der Waals surface area contributed by atoms with Crippen molar-refractivity contribution in [3.63, 3.8) is 0 Å². The van der Waals surface area contributed by atoms with E-state index in [1.54, 1.807) is 29.6 Å². The van der Waals surface area contributed by atoms with Crippen LogP contribution in [0, 0.1) is 5.82 Å². The zero-order chi connectivity index (χ0) is 24.1. The van der Waals surface area contributed by atoms with Crippen LogP contribution in [0.2, 0.25) is 0 Å². The van der Waals surface area contributed by atoms with E-state index in [0.717, 1.165) is 11.8 Å². The van der Waals surface area contributed by atoms with Crippen LogP contribution >= 0.6 is 0 Å². The van der Waals surface area contributed by atoms with Gasteiger partial charge in [-0.1, -0.05) is 0 Å². The molecular weight excluding hydrogens is 463 g/mol. The van der Waals surface area contributed by atoms with E-state index in [1.807, 2.05) is 0 Å². The molecule has 1 aromatic carbocycles. The second kappa shape index (κ2) is 10.5. The molecule has 0 bridgehead atoms. The Bertz CT molecular complexity index is 1250. The molecule has 34 heavy (non-hydrogen) atoms. The van der Waals surface area contributed by atoms with Crippen molar-refractivity contribution in [1.29, 1.82) is 0 Å². The molecule has 180 valence electrons. The van der Waals surface area contributed by atoms with Gasteiger partial charge in [0.1, 0.15) is 5.82 Å². The number of sulfonamides is 1. The lowest BCUT2D eigenvalue weighted by atomic mass is 10.0. The third kappa shape index (κ3) is 5.20. The molecule has 3 aromatic rings. The molecule has 0 saturated heterocycles. The molecule has 0 fully saturated rings. The Morgan fingerprint density at radius 3 is 2.68 bits per heavy atom. The van der Waals surface area contributed by atoms with Gasteiger partial charge in [0.15, 0.2) is 17.9 Å². The third-order valence-corrected chi connectivity index (χ3v) is 6.78. The number of nitrogens with one attached hydrogen (secondary N) is 1. The minimum absolute atomic E-state index is 0.159. The van der Waals surface area contributed by atoms with Crippen molar-refractivity contribution in [2.45, 2.75) is 24.0 Å². The fraction of sp³-hybridized carbons (Fsp3) is 0.364. The van der Waals surface area contributed by atoms with E-state index < -0.39 is 22.1 Å². The summed E-state index contributed by atoms with van der Waals surface area (Å²) in [6.07, 6.45) is 5.28. The average Bonchev–Trinajstić information content (AvgIpc) is 2.85. The first-order valence-electron chi connectivity index (χ1n) is 10.6. The molecule has 1 N–H and O–H groups in total. The number of ether oxygens (including phenoxy) is 2. The van der Waals surface area contributed by atoms with Gasteiger partial charge in [-0.15, -0.1) is 0 Å². The Morgan fingerprint density at radius 2 is 1.94 bits per heavy atom. The van der Waals surface area contributed by atoms with Crippen LogP contribution in [0.3, 0.4) is 0 Å². The molecular formula is C22H25FN6O4S. The zero-order valence-electron chi connectivity index (χ0n) is 18.8. The molecule has 12 heteroatoms. The van der Waals surface area contributed by atoms with E-state index in [1.165, 1.54) is 26.4 Å². The van der Waals surface area contributed by atoms with Crippen LogP contribution < -0.4 is 9.62 Å². The van der Waals surface area contributed by atoms with E-state index in [4.69, 9.17) is 9.47 Å². The van der Waals surface area contributed by atoms with Crippen LogP contribution in [-0.2, 0) is 25.9 Å². The Hall–Kier alpha value is -3.06. The Labute approximate surface area is 197 Å². The quantitative estimate of drug-likeness (QED) is 0.452. The summed E-state index contributed by atoms with van der Waals surface area (Å²) in [5.74, 6) is 0.157. The summed E-state index contributed by atoms with van der Waals surface area (Å²) in [5, 5.41) is 0. The fourth-order valence-corrected chi connectivity index (χ4v) is 4.88. The van der Waals surface area contributed by atoms with Crippen LogP contribution in [0.4, 0.5) is 10.1 Å². The number of hydrogen-bond donors (Lipinski definition) is 1. The molecule has 10 nitrogen and oxygen atoms in total. The van der Waals surface area contributed by atoms with Crippen molar-refractivity contribution in [2.24, 2.45) is 0 Å². The van der Waals surface area contributed by atoms with E-state index >= 15 is 0 Å². The molecule has 3 heterocycles. The van der Waals surface area contributed by atoms with Crippen LogP contribution in [0.1, 0.15) is 23.9 Å². The molecule has 1 unspecified atom stereocenters. The van der Waals surface area contributed by atoms with Crippen molar-refractivity contribution in [2.75, 3.05) is 38.8 Å². The summed E-state index contributed by atoms with van der Waals surface area (Å²) in [6.45, 7) is 1.03. The first-order valence-corrected chi connectivity index (χ1v) is 12.1. The molecule has 0 amide bonds. The highest BCUT2D eigenvalue weighted by atomic mass is 32.2. The van der Waals surface area contributed by atoms with Gasteiger partial charge in [-0.25, -0.2) is 37.5 Å². The van der Waals surface area contributed by atoms with Crippen LogP contribution in [0.5, 0.6) is 0 Å². The van der Waals surface area contributed by atoms with E-state index in [-0.39, 0.29) is 11.4 Å². The van der Waals surface area contributed by atoms with Gasteiger partial charge >= 0.3 is 0 Å². The summed E-state index contributed by atoms with van der Waals surface area (Å²) < 4.78 is 53.0. The van der Waals surface area contributed by atoms with Gasteiger partial charge in [0.25, 0.3) is 0 Å². The number of anilines is 1. The first-order chi connectivity index (χ1) is 16.4. The molecule has 0 spiro atoms. The van der Waals surface area contributed by atoms with E-state index in [9.17, 15) is 12.8 Å². The lowest BCUT2D eigenvalue weighted by Gasteiger charge is -2.37. The van der Waals surface area contributed by atoms with E-state index in [0.29, 0.717) is 48.9 Å². The third-order valence-electron chi connectivity index (χ3n) is 5.34. The second-order valence-corrected chi connectivity index (χ2v) is 9.36. The molecule has 1 aliphatic rings. The lowest BCUT2D eigenvalue weighted by Crippen LogP contribution is -2.37. The molecule has 1 atom stereocenters. The second-order valence-electron chi connectivity index (χ2n) is 7.59. The summed E-state index contributed by atoms with van der Waals surface area (Å²) in [4.78, 5) is 19.0. The predicted molar refractivity (Wildman–Crippen MR) is 122 cm³/mol. The summed E-state index contributed by atoms with van der Waals surface area (Å²) >= 11 is 0. The average molecular weight is 489 g/mol. The summed E-state index contributed by atoms with van der Waals surface area (Å²) in [7, 11) is -0.835. The van der Waals surface area contributed by atoms with Crippen molar-refractivity contribution in [3.8, 4) is 11.6 Å². The van der Waals surface area contributed by atoms with Gasteiger partial charge in [0.05, 0.1) is 10.6 Å². The minimum Gasteiger partial charge on any atom is -0.385 e. The highest BCUT2D eigenvalue weighted by Gasteiger charge is 2.31. The maximum atomic E-state index is 14.5. The standard InChI is InChI=1S/C22H25FN6O4S/c1-32-10-4-8-27-34(30,31)17-12-15(23)11-16(13-17)29-9-5-19-18(22(29)33-2)14-26-21(28-19)20-24-6-3-7-25-20/h3,6-7,11-14,22,27H,4-5,8-10H2,1-2H3. The zero-order valence-corrected chi connectivity index (χ0v) is 19.6. The fourth-order valence-electron chi connectivity index (χ4n) is 3.76. The van der Waals surface area contributed by atoms with Crippen molar-refractivity contribution < 1.29 is 22.3 Å². The maximum absolute atomic E-state index is 14.5. The first kappa shape index (κ1) is 24.1. The topological polar surface area (TPSA) is 119 Å². The van der Waals surface area contributed by atoms with Crippen LogP contribution in [-0.4, -0.2) is 62.3 Å². The van der Waals surface area contributed by atoms with Crippen molar-refractivity contribution in [1.82, 2.24) is 24.7 Å². The normalized spacial score (nSPS) is 15.9. The highest BCUT2D eigenvalue weighted by molar-refractivity contribution is 7.89. The molecule has 0 saturated carbocycles. The largest absolute Gasteiger partial charge is 0.385 e. The number of hydrogen-bond acceptors (Lipinski definition) is 9. The van der Waals surface area contributed by atoms with Gasteiger partial charge in [0.2, 0.25) is 10.0 Å². The van der Waals surface area contributed by atoms with Gasteiger partial charge < -0.3 is 14.4 Å². The van der Waals surface area contributed by atoms with Crippen molar-refractivity contribution in [3.05, 3.63) is 59.9 Å². The number of halogens is 1. The Balaban J connectivity index is 1.62. The SMILES string of the molecule is COCCCNS(=O)(=O)c1cc(F)cc(N2CCc3nc(-c4ncccn4)ncc3C2OC)c1. The predicted octanol–water partition coefficient (Wildman–Crippen LogP) is 2.10. The molecule has 4 rings (SSSR count). The van der Waals surface area contributed by atoms with E-state index in [2.05, 4.69) is 24.7 Å². The molecule has 0 radical (unpaired) electrons. The van der Waals surface area contributed by atoms with Gasteiger partial charge in [0, 0.05) is 70.2 Å². The van der Waals surface area contributed by atoms with Crippen LogP contribution in [0.25, 0.3) is 11.6 Å². The number of rotatable bonds is 9. The van der Waals surface area contributed by atoms with Crippen LogP contribution in [0.15, 0.2) is 47.8 Å². The maximum Gasteiger partial charge on any atom is 0.240 e. The number of aromatic nitrogens is 4.